The van der Waals surface area contributed by atoms with Crippen LogP contribution < -0.4 is 0 Å². The van der Waals surface area contributed by atoms with Crippen molar-refractivity contribution in [2.24, 2.45) is 22.7 Å². The summed E-state index contributed by atoms with van der Waals surface area (Å²) in [7, 11) is 1.54. The van der Waals surface area contributed by atoms with Gasteiger partial charge in [0.25, 0.3) is 0 Å². The second-order valence-electron chi connectivity index (χ2n) is 8.65. The standard InChI is InChI=1S/C21H30O5/c1-13-6-9-16-20(2,10-5-11-21(16,3)19(23)24)15(13)8-7-14-12-17(22)26-18(14)25-4/h12,15-16,18H,1,5-11H2,2-4H3,(H,23,24). The van der Waals surface area contributed by atoms with Crippen molar-refractivity contribution in [1.82, 2.24) is 0 Å². The van der Waals surface area contributed by atoms with Crippen molar-refractivity contribution in [2.75, 3.05) is 7.11 Å². The van der Waals surface area contributed by atoms with E-state index in [9.17, 15) is 14.7 Å². The van der Waals surface area contributed by atoms with Crippen LogP contribution in [-0.2, 0) is 19.1 Å². The SMILES string of the molecule is C=C1CCC2C(C)(C(=O)O)CCCC2(C)C1CCC1=CC(=O)OC1OC. The normalized spacial score (nSPS) is 40.0. The first-order valence-corrected chi connectivity index (χ1v) is 9.57. The molecule has 26 heavy (non-hydrogen) atoms. The van der Waals surface area contributed by atoms with E-state index in [2.05, 4.69) is 13.5 Å². The van der Waals surface area contributed by atoms with Crippen molar-refractivity contribution < 1.29 is 24.2 Å². The molecule has 5 unspecified atom stereocenters. The van der Waals surface area contributed by atoms with Gasteiger partial charge in [-0.2, -0.15) is 0 Å². The molecule has 0 radical (unpaired) electrons. The maximum Gasteiger partial charge on any atom is 0.333 e. The zero-order chi connectivity index (χ0) is 19.1. The maximum absolute atomic E-state index is 12.0. The number of carbonyl (C=O) groups excluding carboxylic acids is 1. The highest BCUT2D eigenvalue weighted by Gasteiger charge is 2.57. The van der Waals surface area contributed by atoms with Crippen molar-refractivity contribution in [2.45, 2.75) is 65.1 Å². The Balaban J connectivity index is 1.82. The van der Waals surface area contributed by atoms with E-state index in [0.29, 0.717) is 6.42 Å². The van der Waals surface area contributed by atoms with Crippen LogP contribution in [0, 0.1) is 22.7 Å². The predicted molar refractivity (Wildman–Crippen MR) is 97.3 cm³/mol. The smallest absolute Gasteiger partial charge is 0.333 e. The van der Waals surface area contributed by atoms with Crippen molar-refractivity contribution in [3.63, 3.8) is 0 Å². The summed E-state index contributed by atoms with van der Waals surface area (Å²) in [6, 6.07) is 0. The molecule has 0 saturated heterocycles. The van der Waals surface area contributed by atoms with Gasteiger partial charge in [-0.3, -0.25) is 4.79 Å². The largest absolute Gasteiger partial charge is 0.481 e. The summed E-state index contributed by atoms with van der Waals surface area (Å²) < 4.78 is 10.4. The predicted octanol–water partition coefficient (Wildman–Crippen LogP) is 4.09. The number of esters is 1. The molecule has 0 aromatic heterocycles. The zero-order valence-corrected chi connectivity index (χ0v) is 16.0. The molecule has 144 valence electrons. The average Bonchev–Trinajstić information content (AvgIpc) is 2.93. The fourth-order valence-electron chi connectivity index (χ4n) is 5.87. The number of methoxy groups -OCH3 is 1. The number of carboxylic acids is 1. The lowest BCUT2D eigenvalue weighted by Crippen LogP contribution is -2.53. The second kappa shape index (κ2) is 6.84. The first-order chi connectivity index (χ1) is 12.2. The molecule has 1 aliphatic heterocycles. The number of cyclic esters (lactones) is 1. The molecule has 5 nitrogen and oxygen atoms in total. The Hall–Kier alpha value is -1.62. The minimum absolute atomic E-state index is 0.0622. The quantitative estimate of drug-likeness (QED) is 0.589. The molecule has 5 heteroatoms. The first kappa shape index (κ1) is 19.2. The van der Waals surface area contributed by atoms with Crippen molar-refractivity contribution >= 4 is 11.9 Å². The van der Waals surface area contributed by atoms with Gasteiger partial charge in [0.2, 0.25) is 6.29 Å². The third-order valence-corrected chi connectivity index (χ3v) is 7.27. The molecule has 0 spiro atoms. The van der Waals surface area contributed by atoms with E-state index < -0.39 is 17.7 Å². The van der Waals surface area contributed by atoms with E-state index in [1.807, 2.05) is 6.92 Å². The number of carbonyl (C=O) groups is 2. The first-order valence-electron chi connectivity index (χ1n) is 9.57. The monoisotopic (exact) mass is 362 g/mol. The summed E-state index contributed by atoms with van der Waals surface area (Å²) in [6.45, 7) is 8.51. The molecule has 1 N–H and O–H groups in total. The average molecular weight is 362 g/mol. The molecule has 0 aromatic carbocycles. The number of fused-ring (bicyclic) bond motifs is 1. The van der Waals surface area contributed by atoms with Crippen LogP contribution in [0.25, 0.3) is 0 Å². The Kier molecular flexibility index (Phi) is 5.04. The summed E-state index contributed by atoms with van der Waals surface area (Å²) in [6.07, 6.45) is 7.01. The minimum atomic E-state index is -0.670. The lowest BCUT2D eigenvalue weighted by atomic mass is 9.46. The van der Waals surface area contributed by atoms with Crippen LogP contribution in [0.15, 0.2) is 23.8 Å². The topological polar surface area (TPSA) is 72.8 Å². The summed E-state index contributed by atoms with van der Waals surface area (Å²) in [5, 5.41) is 9.90. The van der Waals surface area contributed by atoms with Gasteiger partial charge in [-0.15, -0.1) is 0 Å². The molecular formula is C21H30O5. The van der Waals surface area contributed by atoms with Crippen LogP contribution in [-0.4, -0.2) is 30.4 Å². The number of allylic oxidation sites excluding steroid dienone is 1. The molecule has 3 aliphatic rings. The number of hydrogen-bond donors (Lipinski definition) is 1. The van der Waals surface area contributed by atoms with E-state index >= 15 is 0 Å². The fraction of sp³-hybridized carbons (Fsp3) is 0.714. The second-order valence-corrected chi connectivity index (χ2v) is 8.65. The molecule has 2 aliphatic carbocycles. The minimum Gasteiger partial charge on any atom is -0.481 e. The fourth-order valence-corrected chi connectivity index (χ4v) is 5.87. The summed E-state index contributed by atoms with van der Waals surface area (Å²) >= 11 is 0. The van der Waals surface area contributed by atoms with Crippen LogP contribution in [0.4, 0.5) is 0 Å². The summed E-state index contributed by atoms with van der Waals surface area (Å²) in [5.74, 6) is -0.606. The highest BCUT2D eigenvalue weighted by atomic mass is 16.7. The van der Waals surface area contributed by atoms with Crippen LogP contribution >= 0.6 is 0 Å². The summed E-state index contributed by atoms with van der Waals surface area (Å²) in [4.78, 5) is 23.6. The Bertz CT molecular complexity index is 651. The number of aliphatic carboxylic acids is 1. The van der Waals surface area contributed by atoms with Crippen molar-refractivity contribution in [1.29, 1.82) is 0 Å². The number of rotatable bonds is 5. The third-order valence-electron chi connectivity index (χ3n) is 7.27. The van der Waals surface area contributed by atoms with Crippen LogP contribution in [0.5, 0.6) is 0 Å². The number of hydrogen-bond acceptors (Lipinski definition) is 4. The molecule has 0 aromatic rings. The van der Waals surface area contributed by atoms with E-state index in [0.717, 1.165) is 44.1 Å². The van der Waals surface area contributed by atoms with E-state index in [1.54, 1.807) is 0 Å². The Morgan fingerprint density at radius 3 is 2.81 bits per heavy atom. The van der Waals surface area contributed by atoms with Crippen molar-refractivity contribution in [3.8, 4) is 0 Å². The van der Waals surface area contributed by atoms with Gasteiger partial charge in [0.05, 0.1) is 5.41 Å². The van der Waals surface area contributed by atoms with E-state index in [-0.39, 0.29) is 23.2 Å². The maximum atomic E-state index is 12.0. The molecule has 3 rings (SSSR count). The van der Waals surface area contributed by atoms with Gasteiger partial charge < -0.3 is 14.6 Å². The van der Waals surface area contributed by atoms with E-state index in [1.165, 1.54) is 18.8 Å². The van der Waals surface area contributed by atoms with Crippen LogP contribution in [0.1, 0.15) is 58.8 Å². The van der Waals surface area contributed by atoms with Crippen molar-refractivity contribution in [3.05, 3.63) is 23.8 Å². The van der Waals surface area contributed by atoms with Crippen LogP contribution in [0.3, 0.4) is 0 Å². The molecule has 5 atom stereocenters. The van der Waals surface area contributed by atoms with Gasteiger partial charge in [-0.1, -0.05) is 25.5 Å². The Morgan fingerprint density at radius 1 is 1.42 bits per heavy atom. The molecule has 1 heterocycles. The van der Waals surface area contributed by atoms with Gasteiger partial charge in [-0.25, -0.2) is 4.79 Å². The highest BCUT2D eigenvalue weighted by Crippen LogP contribution is 2.62. The Morgan fingerprint density at radius 2 is 2.15 bits per heavy atom. The van der Waals surface area contributed by atoms with Gasteiger partial charge in [0.15, 0.2) is 0 Å². The van der Waals surface area contributed by atoms with Gasteiger partial charge >= 0.3 is 11.9 Å². The Labute approximate surface area is 155 Å². The molecule has 0 amide bonds. The molecule has 0 bridgehead atoms. The highest BCUT2D eigenvalue weighted by molar-refractivity contribution is 5.85. The van der Waals surface area contributed by atoms with Gasteiger partial charge in [0, 0.05) is 18.8 Å². The lowest BCUT2D eigenvalue weighted by Gasteiger charge is -2.57. The van der Waals surface area contributed by atoms with Gasteiger partial charge in [0.1, 0.15) is 0 Å². The number of carboxylic acid groups (broad SMARTS) is 1. The van der Waals surface area contributed by atoms with Crippen LogP contribution in [0.2, 0.25) is 0 Å². The van der Waals surface area contributed by atoms with Gasteiger partial charge in [-0.05, 0) is 62.7 Å². The lowest BCUT2D eigenvalue weighted by molar-refractivity contribution is -0.164. The molecular weight excluding hydrogens is 332 g/mol. The zero-order valence-electron chi connectivity index (χ0n) is 16.0. The molecule has 2 saturated carbocycles. The van der Waals surface area contributed by atoms with E-state index in [4.69, 9.17) is 9.47 Å². The third kappa shape index (κ3) is 3.00. The number of ether oxygens (including phenoxy) is 2. The summed E-state index contributed by atoms with van der Waals surface area (Å²) in [5.41, 5.74) is 1.37. The molecule has 2 fully saturated rings.